The van der Waals surface area contributed by atoms with Gasteiger partial charge in [0.1, 0.15) is 11.2 Å². The van der Waals surface area contributed by atoms with E-state index >= 15 is 0 Å². The van der Waals surface area contributed by atoms with Crippen LogP contribution in [-0.4, -0.2) is 48.2 Å². The number of rotatable bonds is 8. The van der Waals surface area contributed by atoms with Gasteiger partial charge in [0.15, 0.2) is 5.78 Å². The number of carbonyl (C=O) groups is 4. The largest absolute Gasteiger partial charge is 0.466 e. The molecule has 178 valence electrons. The molecule has 7 nitrogen and oxygen atoms in total. The predicted molar refractivity (Wildman–Crippen MR) is 112 cm³/mol. The van der Waals surface area contributed by atoms with Gasteiger partial charge < -0.3 is 14.2 Å². The molecule has 1 saturated carbocycles. The van der Waals surface area contributed by atoms with E-state index in [-0.39, 0.29) is 12.5 Å². The molecule has 0 aliphatic heterocycles. The van der Waals surface area contributed by atoms with Crippen LogP contribution < -0.4 is 0 Å². The van der Waals surface area contributed by atoms with E-state index in [1.807, 2.05) is 0 Å². The summed E-state index contributed by atoms with van der Waals surface area (Å²) >= 11 is 0. The van der Waals surface area contributed by atoms with Crippen molar-refractivity contribution in [1.82, 2.24) is 0 Å². The van der Waals surface area contributed by atoms with Crippen LogP contribution in [-0.2, 0) is 33.4 Å². The summed E-state index contributed by atoms with van der Waals surface area (Å²) in [5.41, 5.74) is -4.49. The molecule has 0 spiro atoms. The molecule has 0 bridgehead atoms. The summed E-state index contributed by atoms with van der Waals surface area (Å²) in [5.74, 6) is -4.67. The highest BCUT2D eigenvalue weighted by atomic mass is 19.1. The van der Waals surface area contributed by atoms with Crippen LogP contribution >= 0.6 is 0 Å². The lowest BCUT2D eigenvalue weighted by atomic mass is 9.69. The van der Waals surface area contributed by atoms with Crippen LogP contribution in [0.25, 0.3) is 0 Å². The molecule has 8 heteroatoms. The lowest BCUT2D eigenvalue weighted by molar-refractivity contribution is -0.191. The Balaban J connectivity index is 3.48. The minimum atomic E-state index is -2.47. The molecule has 0 radical (unpaired) electrons. The number of ketones is 1. The van der Waals surface area contributed by atoms with Gasteiger partial charge in [0.2, 0.25) is 5.41 Å². The van der Waals surface area contributed by atoms with Gasteiger partial charge in [-0.2, -0.15) is 0 Å². The summed E-state index contributed by atoms with van der Waals surface area (Å²) in [7, 11) is 0. The van der Waals surface area contributed by atoms with Gasteiger partial charge in [-0.1, -0.05) is 0 Å². The number of hydrogen-bond acceptors (Lipinski definition) is 7. The highest BCUT2D eigenvalue weighted by Crippen LogP contribution is 2.40. The summed E-state index contributed by atoms with van der Waals surface area (Å²) in [6, 6.07) is 0. The van der Waals surface area contributed by atoms with Crippen LogP contribution in [0.15, 0.2) is 0 Å². The average Bonchev–Trinajstić information content (AvgIpc) is 2.63. The van der Waals surface area contributed by atoms with E-state index < -0.39 is 59.3 Å². The standard InChI is InChI=1S/C23H37FO7/c1-8-29-17(25)13-23(19(27)30-21(2,3)4,20(28)31-22(5,6)7)18(26)16-11-9-15(14-24)10-12-16/h15-16H,8-14H2,1-7H3. The fraction of sp³-hybridized carbons (Fsp3) is 0.826. The second-order valence-electron chi connectivity index (χ2n) is 10.1. The number of esters is 3. The number of alkyl halides is 1. The molecule has 0 unspecified atom stereocenters. The summed E-state index contributed by atoms with van der Waals surface area (Å²) in [4.78, 5) is 52.8. The average molecular weight is 445 g/mol. The Morgan fingerprint density at radius 3 is 1.65 bits per heavy atom. The normalized spacial score (nSPS) is 20.0. The zero-order valence-corrected chi connectivity index (χ0v) is 19.8. The van der Waals surface area contributed by atoms with Crippen LogP contribution in [0.1, 0.15) is 80.6 Å². The summed E-state index contributed by atoms with van der Waals surface area (Å²) in [5, 5.41) is 0. The molecule has 0 aromatic rings. The Morgan fingerprint density at radius 1 is 0.839 bits per heavy atom. The quantitative estimate of drug-likeness (QED) is 0.318. The topological polar surface area (TPSA) is 96.0 Å². The van der Waals surface area contributed by atoms with E-state index in [2.05, 4.69) is 0 Å². The third-order valence-electron chi connectivity index (χ3n) is 5.07. The maximum Gasteiger partial charge on any atom is 0.332 e. The highest BCUT2D eigenvalue weighted by molar-refractivity contribution is 6.22. The van der Waals surface area contributed by atoms with Crippen molar-refractivity contribution in [3.63, 3.8) is 0 Å². The molecular weight excluding hydrogens is 407 g/mol. The molecule has 1 rings (SSSR count). The predicted octanol–water partition coefficient (Wildman–Crippen LogP) is 3.95. The van der Waals surface area contributed by atoms with Crippen LogP contribution in [0.2, 0.25) is 0 Å². The fourth-order valence-corrected chi connectivity index (χ4v) is 3.60. The zero-order chi connectivity index (χ0) is 24.0. The Hall–Kier alpha value is -1.99. The van der Waals surface area contributed by atoms with Crippen molar-refractivity contribution in [2.45, 2.75) is 91.8 Å². The number of halogens is 1. The molecule has 0 N–H and O–H groups in total. The molecule has 1 aliphatic carbocycles. The van der Waals surface area contributed by atoms with Gasteiger partial charge in [0.05, 0.1) is 19.7 Å². The van der Waals surface area contributed by atoms with Crippen molar-refractivity contribution in [2.75, 3.05) is 13.3 Å². The number of carbonyl (C=O) groups excluding carboxylic acids is 4. The molecule has 0 aromatic carbocycles. The minimum absolute atomic E-state index is 0.0212. The Morgan fingerprint density at radius 2 is 1.29 bits per heavy atom. The molecule has 1 fully saturated rings. The van der Waals surface area contributed by atoms with E-state index in [4.69, 9.17) is 14.2 Å². The third kappa shape index (κ3) is 7.58. The van der Waals surface area contributed by atoms with Crippen LogP contribution in [0.4, 0.5) is 4.39 Å². The summed E-state index contributed by atoms with van der Waals surface area (Å²) in [6.45, 7) is 10.7. The third-order valence-corrected chi connectivity index (χ3v) is 5.07. The van der Waals surface area contributed by atoms with Crippen molar-refractivity contribution >= 4 is 23.7 Å². The second kappa shape index (κ2) is 10.6. The van der Waals surface area contributed by atoms with E-state index in [0.29, 0.717) is 25.7 Å². The Kier molecular flexibility index (Phi) is 9.20. The minimum Gasteiger partial charge on any atom is -0.466 e. The first-order valence-electron chi connectivity index (χ1n) is 10.9. The van der Waals surface area contributed by atoms with Crippen molar-refractivity contribution in [1.29, 1.82) is 0 Å². The smallest absolute Gasteiger partial charge is 0.332 e. The highest BCUT2D eigenvalue weighted by Gasteiger charge is 2.60. The van der Waals surface area contributed by atoms with Gasteiger partial charge >= 0.3 is 17.9 Å². The first-order chi connectivity index (χ1) is 14.2. The van der Waals surface area contributed by atoms with Crippen LogP contribution in [0.5, 0.6) is 0 Å². The molecule has 31 heavy (non-hydrogen) atoms. The first-order valence-corrected chi connectivity index (χ1v) is 10.9. The number of hydrogen-bond donors (Lipinski definition) is 0. The van der Waals surface area contributed by atoms with Crippen molar-refractivity contribution in [2.24, 2.45) is 17.3 Å². The van der Waals surface area contributed by atoms with Crippen LogP contribution in [0, 0.1) is 17.3 Å². The maximum absolute atomic E-state index is 13.7. The van der Waals surface area contributed by atoms with E-state index in [0.717, 1.165) is 0 Å². The van der Waals surface area contributed by atoms with Crippen LogP contribution in [0.3, 0.4) is 0 Å². The Bertz CT molecular complexity index is 636. The molecule has 0 aromatic heterocycles. The fourth-order valence-electron chi connectivity index (χ4n) is 3.60. The zero-order valence-electron chi connectivity index (χ0n) is 19.8. The summed E-state index contributed by atoms with van der Waals surface area (Å²) < 4.78 is 28.9. The monoisotopic (exact) mass is 444 g/mol. The van der Waals surface area contributed by atoms with Gasteiger partial charge in [0, 0.05) is 5.92 Å². The molecule has 0 heterocycles. The lowest BCUT2D eigenvalue weighted by Gasteiger charge is -2.36. The number of ether oxygens (including phenoxy) is 3. The van der Waals surface area contributed by atoms with Gasteiger partial charge in [-0.3, -0.25) is 23.6 Å². The van der Waals surface area contributed by atoms with Crippen molar-refractivity contribution in [3.05, 3.63) is 0 Å². The molecule has 0 amide bonds. The molecular formula is C23H37FO7. The van der Waals surface area contributed by atoms with E-state index in [9.17, 15) is 23.6 Å². The SMILES string of the molecule is CCOC(=O)CC(C(=O)OC(C)(C)C)(C(=O)OC(C)(C)C)C(=O)C1CCC(CF)CC1. The lowest BCUT2D eigenvalue weighted by Crippen LogP contribution is -2.55. The van der Waals surface area contributed by atoms with Crippen molar-refractivity contribution in [3.8, 4) is 0 Å². The second-order valence-corrected chi connectivity index (χ2v) is 10.1. The first kappa shape index (κ1) is 27.0. The van der Waals surface area contributed by atoms with Gasteiger partial charge in [0.25, 0.3) is 0 Å². The molecule has 1 aliphatic rings. The Labute approximate surface area is 184 Å². The summed E-state index contributed by atoms with van der Waals surface area (Å²) in [6.07, 6.45) is 0.774. The van der Waals surface area contributed by atoms with Crippen molar-refractivity contribution < 1.29 is 37.8 Å². The van der Waals surface area contributed by atoms with Gasteiger partial charge in [-0.25, -0.2) is 0 Å². The molecule has 0 atom stereocenters. The van der Waals surface area contributed by atoms with Gasteiger partial charge in [-0.05, 0) is 80.1 Å². The maximum atomic E-state index is 13.7. The number of Topliss-reactive ketones (excluding diaryl/α,β-unsaturated/α-hetero) is 1. The molecule has 0 saturated heterocycles. The van der Waals surface area contributed by atoms with E-state index in [1.165, 1.54) is 0 Å². The van der Waals surface area contributed by atoms with Gasteiger partial charge in [-0.15, -0.1) is 0 Å². The van der Waals surface area contributed by atoms with E-state index in [1.54, 1.807) is 48.5 Å².